The van der Waals surface area contributed by atoms with Crippen LogP contribution in [-0.4, -0.2) is 56.6 Å². The van der Waals surface area contributed by atoms with Gasteiger partial charge in [-0.3, -0.25) is 9.59 Å². The highest BCUT2D eigenvalue weighted by atomic mass is 32.1. The normalized spacial score (nSPS) is 14.1. The molecule has 1 saturated carbocycles. The highest BCUT2D eigenvalue weighted by Gasteiger charge is 2.33. The van der Waals surface area contributed by atoms with Crippen LogP contribution in [0.2, 0.25) is 0 Å². The molecule has 1 aliphatic carbocycles. The van der Waals surface area contributed by atoms with Crippen molar-refractivity contribution in [3.05, 3.63) is 81.5 Å². The highest BCUT2D eigenvalue weighted by molar-refractivity contribution is 7.10. The molecule has 0 unspecified atom stereocenters. The third-order valence-corrected chi connectivity index (χ3v) is 8.35. The lowest BCUT2D eigenvalue weighted by Crippen LogP contribution is -2.48. The van der Waals surface area contributed by atoms with E-state index >= 15 is 0 Å². The van der Waals surface area contributed by atoms with Crippen LogP contribution in [0.3, 0.4) is 0 Å². The molecule has 218 valence electrons. The minimum Gasteiger partial charge on any atom is -0.493 e. The van der Waals surface area contributed by atoms with E-state index in [1.807, 2.05) is 35.7 Å². The van der Waals surface area contributed by atoms with Gasteiger partial charge in [0.1, 0.15) is 6.04 Å². The maximum atomic E-state index is 14.0. The van der Waals surface area contributed by atoms with Gasteiger partial charge < -0.3 is 24.4 Å². The van der Waals surface area contributed by atoms with Crippen LogP contribution in [0, 0.1) is 0 Å². The third-order valence-electron chi connectivity index (χ3n) is 7.47. The van der Waals surface area contributed by atoms with Crippen LogP contribution in [0.5, 0.6) is 11.5 Å². The van der Waals surface area contributed by atoms with Crippen molar-refractivity contribution >= 4 is 29.1 Å². The van der Waals surface area contributed by atoms with Crippen LogP contribution in [0.15, 0.2) is 60.0 Å². The number of carbonyl (C=O) groups is 3. The van der Waals surface area contributed by atoms with Crippen LogP contribution in [-0.2, 0) is 27.2 Å². The summed E-state index contributed by atoms with van der Waals surface area (Å²) in [7, 11) is 4.50. The number of esters is 1. The number of hydrogen-bond acceptors (Lipinski definition) is 7. The predicted octanol–water partition coefficient (Wildman–Crippen LogP) is 5.36. The summed E-state index contributed by atoms with van der Waals surface area (Å²) in [5, 5.41) is 5.17. The molecule has 4 rings (SSSR count). The lowest BCUT2D eigenvalue weighted by Gasteiger charge is -2.33. The van der Waals surface area contributed by atoms with E-state index in [0.717, 1.165) is 36.1 Å². The van der Waals surface area contributed by atoms with E-state index in [2.05, 4.69) is 5.32 Å². The van der Waals surface area contributed by atoms with Crippen LogP contribution in [0.25, 0.3) is 0 Å². The second-order valence-corrected chi connectivity index (χ2v) is 11.2. The molecule has 2 amide bonds. The molecule has 0 radical (unpaired) electrons. The molecule has 1 heterocycles. The quantitative estimate of drug-likeness (QED) is 0.291. The number of thiophene rings is 1. The average molecular weight is 579 g/mol. The predicted molar refractivity (Wildman–Crippen MR) is 159 cm³/mol. The standard InChI is InChI=1S/C32H38N2O6S/c1-38-27-16-11-22(20-28(27)39-2)17-18-34(29(35)21-26-10-7-19-41-26)30(31(36)33-25-8-5-4-6-9-25)23-12-14-24(15-13-23)32(37)40-3/h7,10-16,19-20,25,30H,4-6,8-9,17-18,21H2,1-3H3,(H,33,36)/t30-/m1/s1. The van der Waals surface area contributed by atoms with Crippen molar-refractivity contribution in [1.29, 1.82) is 0 Å². The molecular weight excluding hydrogens is 540 g/mol. The Bertz CT molecular complexity index is 1300. The van der Waals surface area contributed by atoms with Gasteiger partial charge in [0.25, 0.3) is 0 Å². The second-order valence-electron chi connectivity index (χ2n) is 10.1. The number of nitrogens with zero attached hydrogens (tertiary/aromatic N) is 1. The number of carbonyl (C=O) groups excluding carboxylic acids is 3. The summed E-state index contributed by atoms with van der Waals surface area (Å²) in [5.41, 5.74) is 1.96. The molecule has 1 N–H and O–H groups in total. The summed E-state index contributed by atoms with van der Waals surface area (Å²) in [6.45, 7) is 0.307. The molecule has 1 atom stereocenters. The van der Waals surface area contributed by atoms with Crippen molar-refractivity contribution in [2.75, 3.05) is 27.9 Å². The van der Waals surface area contributed by atoms with Crippen LogP contribution in [0.4, 0.5) is 0 Å². The van der Waals surface area contributed by atoms with E-state index in [4.69, 9.17) is 14.2 Å². The van der Waals surface area contributed by atoms with Gasteiger partial charge >= 0.3 is 5.97 Å². The monoisotopic (exact) mass is 578 g/mol. The molecule has 0 aliphatic heterocycles. The molecule has 41 heavy (non-hydrogen) atoms. The molecule has 9 heteroatoms. The summed E-state index contributed by atoms with van der Waals surface area (Å²) in [5.74, 6) is 0.408. The molecule has 1 fully saturated rings. The molecule has 2 aromatic carbocycles. The van der Waals surface area contributed by atoms with E-state index in [1.165, 1.54) is 24.9 Å². The van der Waals surface area contributed by atoms with E-state index in [-0.39, 0.29) is 24.3 Å². The lowest BCUT2D eigenvalue weighted by atomic mass is 9.94. The first kappa shape index (κ1) is 30.1. The summed E-state index contributed by atoms with van der Waals surface area (Å²) in [6.07, 6.45) is 5.86. The third kappa shape index (κ3) is 7.88. The van der Waals surface area contributed by atoms with Crippen molar-refractivity contribution in [3.8, 4) is 11.5 Å². The Labute approximate surface area is 245 Å². The summed E-state index contributed by atoms with van der Waals surface area (Å²) in [6, 6.07) is 15.5. The molecule has 8 nitrogen and oxygen atoms in total. The minimum atomic E-state index is -0.865. The molecule has 0 spiro atoms. The number of rotatable bonds is 12. The van der Waals surface area contributed by atoms with Gasteiger partial charge in [-0.05, 0) is 66.1 Å². The fourth-order valence-electron chi connectivity index (χ4n) is 5.27. The molecule has 0 saturated heterocycles. The smallest absolute Gasteiger partial charge is 0.337 e. The maximum absolute atomic E-state index is 14.0. The number of amides is 2. The Morgan fingerprint density at radius 1 is 0.951 bits per heavy atom. The van der Waals surface area contributed by atoms with Crippen molar-refractivity contribution in [1.82, 2.24) is 10.2 Å². The number of ether oxygens (including phenoxy) is 3. The van der Waals surface area contributed by atoms with Gasteiger partial charge in [-0.25, -0.2) is 4.79 Å². The number of hydrogen-bond donors (Lipinski definition) is 1. The fraction of sp³-hybridized carbons (Fsp3) is 0.406. The van der Waals surface area contributed by atoms with Crippen LogP contribution in [0.1, 0.15) is 64.5 Å². The zero-order valence-electron chi connectivity index (χ0n) is 23.9. The Hall–Kier alpha value is -3.85. The van der Waals surface area contributed by atoms with Gasteiger partial charge in [-0.1, -0.05) is 43.5 Å². The van der Waals surface area contributed by atoms with Crippen molar-refractivity contribution in [3.63, 3.8) is 0 Å². The van der Waals surface area contributed by atoms with Crippen molar-refractivity contribution in [2.24, 2.45) is 0 Å². The van der Waals surface area contributed by atoms with Crippen LogP contribution < -0.4 is 14.8 Å². The number of nitrogens with one attached hydrogen (secondary N) is 1. The van der Waals surface area contributed by atoms with Crippen molar-refractivity contribution in [2.45, 2.75) is 57.0 Å². The summed E-state index contributed by atoms with van der Waals surface area (Å²) >= 11 is 1.51. The molecule has 0 bridgehead atoms. The lowest BCUT2D eigenvalue weighted by molar-refractivity contribution is -0.140. The van der Waals surface area contributed by atoms with E-state index in [1.54, 1.807) is 43.4 Å². The van der Waals surface area contributed by atoms with E-state index in [0.29, 0.717) is 35.6 Å². The first-order valence-corrected chi connectivity index (χ1v) is 14.8. The van der Waals surface area contributed by atoms with Gasteiger partial charge in [-0.2, -0.15) is 0 Å². The highest BCUT2D eigenvalue weighted by Crippen LogP contribution is 2.30. The molecule has 1 aromatic heterocycles. The van der Waals surface area contributed by atoms with Gasteiger partial charge in [0, 0.05) is 17.5 Å². The van der Waals surface area contributed by atoms with E-state index in [9.17, 15) is 14.4 Å². The first-order chi connectivity index (χ1) is 19.9. The largest absolute Gasteiger partial charge is 0.493 e. The SMILES string of the molecule is COC(=O)c1ccc([C@H](C(=O)NC2CCCCC2)N(CCc2ccc(OC)c(OC)c2)C(=O)Cc2cccs2)cc1. The Balaban J connectivity index is 1.68. The zero-order chi connectivity index (χ0) is 29.2. The van der Waals surface area contributed by atoms with Gasteiger partial charge in [0.2, 0.25) is 11.8 Å². The van der Waals surface area contributed by atoms with Gasteiger partial charge in [0.15, 0.2) is 11.5 Å². The second kappa shape index (κ2) is 14.7. The Kier molecular flexibility index (Phi) is 10.8. The Morgan fingerprint density at radius 2 is 1.68 bits per heavy atom. The molecule has 1 aliphatic rings. The number of benzene rings is 2. The minimum absolute atomic E-state index is 0.0770. The number of methoxy groups -OCH3 is 3. The zero-order valence-corrected chi connectivity index (χ0v) is 24.7. The summed E-state index contributed by atoms with van der Waals surface area (Å²) < 4.78 is 15.7. The summed E-state index contributed by atoms with van der Waals surface area (Å²) in [4.78, 5) is 42.6. The fourth-order valence-corrected chi connectivity index (χ4v) is 5.96. The van der Waals surface area contributed by atoms with Gasteiger partial charge in [-0.15, -0.1) is 11.3 Å². The van der Waals surface area contributed by atoms with Gasteiger partial charge in [0.05, 0.1) is 33.3 Å². The van der Waals surface area contributed by atoms with Crippen molar-refractivity contribution < 1.29 is 28.6 Å². The first-order valence-electron chi connectivity index (χ1n) is 13.9. The van der Waals surface area contributed by atoms with Crippen LogP contribution >= 0.6 is 11.3 Å². The topological polar surface area (TPSA) is 94.2 Å². The molecular formula is C32H38N2O6S. The molecule has 3 aromatic rings. The Morgan fingerprint density at radius 3 is 2.32 bits per heavy atom. The van der Waals surface area contributed by atoms with E-state index < -0.39 is 12.0 Å². The average Bonchev–Trinajstić information content (AvgIpc) is 3.52. The maximum Gasteiger partial charge on any atom is 0.337 e.